The van der Waals surface area contributed by atoms with Gasteiger partial charge in [-0.3, -0.25) is 0 Å². The minimum Gasteiger partial charge on any atom is -0.384 e. The molecule has 1 aromatic heterocycles. The highest BCUT2D eigenvalue weighted by Crippen LogP contribution is 2.04. The topological polar surface area (TPSA) is 47.0 Å². The summed E-state index contributed by atoms with van der Waals surface area (Å²) in [5.41, 5.74) is 1.98. The molecule has 1 atom stereocenters. The molecule has 1 rings (SSSR count). The van der Waals surface area contributed by atoms with Gasteiger partial charge in [-0.25, -0.2) is 9.97 Å². The van der Waals surface area contributed by atoms with Gasteiger partial charge in [-0.2, -0.15) is 0 Å². The van der Waals surface area contributed by atoms with Crippen LogP contribution in [0.1, 0.15) is 18.3 Å². The first kappa shape index (κ1) is 11.9. The second-order valence-electron chi connectivity index (χ2n) is 3.92. The van der Waals surface area contributed by atoms with Gasteiger partial charge in [0.1, 0.15) is 0 Å². The van der Waals surface area contributed by atoms with Crippen LogP contribution in [0.5, 0.6) is 0 Å². The molecule has 0 amide bonds. The number of methoxy groups -OCH3 is 1. The van der Waals surface area contributed by atoms with E-state index in [2.05, 4.69) is 22.2 Å². The number of aromatic nitrogens is 2. The van der Waals surface area contributed by atoms with Crippen LogP contribution in [0.25, 0.3) is 0 Å². The monoisotopic (exact) mass is 209 g/mol. The normalized spacial score (nSPS) is 12.5. The van der Waals surface area contributed by atoms with Crippen LogP contribution in [0.4, 0.5) is 5.95 Å². The molecule has 0 bridgehead atoms. The Morgan fingerprint density at radius 2 is 1.93 bits per heavy atom. The van der Waals surface area contributed by atoms with Crippen LogP contribution in [0.2, 0.25) is 0 Å². The van der Waals surface area contributed by atoms with Gasteiger partial charge < -0.3 is 10.1 Å². The van der Waals surface area contributed by atoms with Crippen LogP contribution in [0.3, 0.4) is 0 Å². The molecule has 1 N–H and O–H groups in total. The number of ether oxygens (including phenoxy) is 1. The number of aryl methyl sites for hydroxylation is 2. The Kier molecular flexibility index (Phi) is 4.49. The summed E-state index contributed by atoms with van der Waals surface area (Å²) in [4.78, 5) is 8.61. The summed E-state index contributed by atoms with van der Waals surface area (Å²) in [7, 11) is 1.71. The molecule has 84 valence electrons. The van der Waals surface area contributed by atoms with Crippen LogP contribution in [0, 0.1) is 19.8 Å². The van der Waals surface area contributed by atoms with Crippen LogP contribution >= 0.6 is 0 Å². The highest BCUT2D eigenvalue weighted by atomic mass is 16.5. The lowest BCUT2D eigenvalue weighted by atomic mass is 10.2. The Morgan fingerprint density at radius 3 is 2.47 bits per heavy atom. The van der Waals surface area contributed by atoms with Gasteiger partial charge in [-0.05, 0) is 25.8 Å². The lowest BCUT2D eigenvalue weighted by molar-refractivity contribution is 0.164. The molecule has 0 radical (unpaired) electrons. The van der Waals surface area contributed by atoms with Gasteiger partial charge in [-0.15, -0.1) is 0 Å². The molecule has 0 saturated heterocycles. The second-order valence-corrected chi connectivity index (χ2v) is 3.92. The zero-order valence-corrected chi connectivity index (χ0v) is 9.87. The molecule has 4 heteroatoms. The van der Waals surface area contributed by atoms with Crippen molar-refractivity contribution in [3.05, 3.63) is 17.5 Å². The fourth-order valence-corrected chi connectivity index (χ4v) is 1.41. The van der Waals surface area contributed by atoms with Crippen molar-refractivity contribution in [2.75, 3.05) is 25.6 Å². The molecule has 1 aromatic rings. The molecule has 0 aliphatic heterocycles. The van der Waals surface area contributed by atoms with Crippen molar-refractivity contribution in [2.24, 2.45) is 5.92 Å². The van der Waals surface area contributed by atoms with E-state index in [0.717, 1.165) is 24.5 Å². The van der Waals surface area contributed by atoms with E-state index in [1.807, 2.05) is 19.9 Å². The van der Waals surface area contributed by atoms with E-state index in [9.17, 15) is 0 Å². The number of hydrogen-bond donors (Lipinski definition) is 1. The second kappa shape index (κ2) is 5.66. The molecule has 0 spiro atoms. The highest BCUT2D eigenvalue weighted by molar-refractivity contribution is 5.27. The SMILES string of the molecule is COC[C@H](C)CNc1nc(C)cc(C)n1. The van der Waals surface area contributed by atoms with Gasteiger partial charge in [0.25, 0.3) is 0 Å². The molecule has 0 aliphatic rings. The van der Waals surface area contributed by atoms with E-state index in [0.29, 0.717) is 11.9 Å². The Hall–Kier alpha value is -1.16. The molecule has 4 nitrogen and oxygen atoms in total. The smallest absolute Gasteiger partial charge is 0.223 e. The zero-order valence-electron chi connectivity index (χ0n) is 9.87. The van der Waals surface area contributed by atoms with Crippen molar-refractivity contribution in [1.82, 2.24) is 9.97 Å². The van der Waals surface area contributed by atoms with Crippen LogP contribution in [-0.4, -0.2) is 30.2 Å². The summed E-state index contributed by atoms with van der Waals surface area (Å²) in [6.45, 7) is 7.64. The Bertz CT molecular complexity index is 294. The van der Waals surface area contributed by atoms with Crippen molar-refractivity contribution in [3.8, 4) is 0 Å². The molecule has 15 heavy (non-hydrogen) atoms. The number of hydrogen-bond acceptors (Lipinski definition) is 4. The maximum atomic E-state index is 5.06. The average Bonchev–Trinajstić information content (AvgIpc) is 2.14. The molecule has 1 heterocycles. The van der Waals surface area contributed by atoms with Crippen molar-refractivity contribution in [2.45, 2.75) is 20.8 Å². The summed E-state index contributed by atoms with van der Waals surface area (Å²) >= 11 is 0. The number of nitrogens with zero attached hydrogens (tertiary/aromatic N) is 2. The van der Waals surface area contributed by atoms with E-state index in [-0.39, 0.29) is 0 Å². The maximum absolute atomic E-state index is 5.06. The molecule has 0 unspecified atom stereocenters. The third-order valence-corrected chi connectivity index (χ3v) is 2.04. The number of nitrogens with one attached hydrogen (secondary N) is 1. The lowest BCUT2D eigenvalue weighted by Crippen LogP contribution is -2.17. The summed E-state index contributed by atoms with van der Waals surface area (Å²) < 4.78 is 5.06. The summed E-state index contributed by atoms with van der Waals surface area (Å²) in [6.07, 6.45) is 0. The van der Waals surface area contributed by atoms with Gasteiger partial charge in [0.05, 0.1) is 6.61 Å². The van der Waals surface area contributed by atoms with E-state index in [4.69, 9.17) is 4.74 Å². The fourth-order valence-electron chi connectivity index (χ4n) is 1.41. The van der Waals surface area contributed by atoms with Crippen molar-refractivity contribution >= 4 is 5.95 Å². The van der Waals surface area contributed by atoms with Gasteiger partial charge in [0, 0.05) is 25.0 Å². The van der Waals surface area contributed by atoms with Crippen LogP contribution < -0.4 is 5.32 Å². The van der Waals surface area contributed by atoms with Gasteiger partial charge in [0.15, 0.2) is 0 Å². The van der Waals surface area contributed by atoms with E-state index in [1.165, 1.54) is 0 Å². The largest absolute Gasteiger partial charge is 0.384 e. The Balaban J connectivity index is 2.50. The molecular weight excluding hydrogens is 190 g/mol. The maximum Gasteiger partial charge on any atom is 0.223 e. The van der Waals surface area contributed by atoms with Crippen LogP contribution in [0.15, 0.2) is 6.07 Å². The third-order valence-electron chi connectivity index (χ3n) is 2.04. The molecule has 0 aliphatic carbocycles. The summed E-state index contributed by atoms with van der Waals surface area (Å²) in [5, 5.41) is 3.21. The molecule has 0 fully saturated rings. The predicted molar refractivity (Wildman–Crippen MR) is 61.0 cm³/mol. The predicted octanol–water partition coefficient (Wildman–Crippen LogP) is 1.79. The molecule has 0 aromatic carbocycles. The van der Waals surface area contributed by atoms with Crippen molar-refractivity contribution < 1.29 is 4.74 Å². The first-order valence-electron chi connectivity index (χ1n) is 5.17. The summed E-state index contributed by atoms with van der Waals surface area (Å²) in [6, 6.07) is 1.96. The average molecular weight is 209 g/mol. The van der Waals surface area contributed by atoms with Gasteiger partial charge in [-0.1, -0.05) is 6.92 Å². The van der Waals surface area contributed by atoms with E-state index < -0.39 is 0 Å². The first-order valence-corrected chi connectivity index (χ1v) is 5.17. The van der Waals surface area contributed by atoms with Crippen LogP contribution in [-0.2, 0) is 4.74 Å². The quantitative estimate of drug-likeness (QED) is 0.803. The summed E-state index contributed by atoms with van der Waals surface area (Å²) in [5.74, 6) is 1.16. The standard InChI is InChI=1S/C11H19N3O/c1-8(7-15-4)6-12-11-13-9(2)5-10(3)14-11/h5,8H,6-7H2,1-4H3,(H,12,13,14)/t8-/m1/s1. The molecular formula is C11H19N3O. The minimum absolute atomic E-state index is 0.458. The van der Waals surface area contributed by atoms with E-state index in [1.54, 1.807) is 7.11 Å². The number of rotatable bonds is 5. The van der Waals surface area contributed by atoms with Crippen molar-refractivity contribution in [3.63, 3.8) is 0 Å². The zero-order chi connectivity index (χ0) is 11.3. The number of anilines is 1. The fraction of sp³-hybridized carbons (Fsp3) is 0.636. The first-order chi connectivity index (χ1) is 7.11. The van der Waals surface area contributed by atoms with Crippen molar-refractivity contribution in [1.29, 1.82) is 0 Å². The van der Waals surface area contributed by atoms with E-state index >= 15 is 0 Å². The highest BCUT2D eigenvalue weighted by Gasteiger charge is 2.03. The lowest BCUT2D eigenvalue weighted by Gasteiger charge is -2.11. The minimum atomic E-state index is 0.458. The third kappa shape index (κ3) is 4.25. The molecule has 0 saturated carbocycles. The van der Waals surface area contributed by atoms with Gasteiger partial charge >= 0.3 is 0 Å². The Morgan fingerprint density at radius 1 is 1.33 bits per heavy atom. The van der Waals surface area contributed by atoms with Gasteiger partial charge in [0.2, 0.25) is 5.95 Å². The Labute approximate surface area is 91.1 Å².